The van der Waals surface area contributed by atoms with Crippen molar-refractivity contribution in [3.63, 3.8) is 0 Å². The summed E-state index contributed by atoms with van der Waals surface area (Å²) >= 11 is 0. The average Bonchev–Trinajstić information content (AvgIpc) is 2.38. The molecular weight excluding hydrogens is 240 g/mol. The van der Waals surface area contributed by atoms with E-state index < -0.39 is 0 Å². The maximum atomic E-state index is 5.68. The molecule has 1 heterocycles. The Kier molecular flexibility index (Phi) is 4.02. The highest BCUT2D eigenvalue weighted by molar-refractivity contribution is 5.45. The van der Waals surface area contributed by atoms with Crippen LogP contribution in [0.15, 0.2) is 18.2 Å². The first-order valence-electron chi connectivity index (χ1n) is 6.70. The molecule has 1 aliphatic rings. The molecule has 0 amide bonds. The lowest BCUT2D eigenvalue weighted by Crippen LogP contribution is -2.48. The molecule has 4 heteroatoms. The summed E-state index contributed by atoms with van der Waals surface area (Å²) in [5, 5.41) is 3.39. The zero-order chi connectivity index (χ0) is 14.0. The van der Waals surface area contributed by atoms with Gasteiger partial charge in [0.15, 0.2) is 11.5 Å². The van der Waals surface area contributed by atoms with Crippen molar-refractivity contribution in [1.82, 2.24) is 10.2 Å². The minimum absolute atomic E-state index is 0.0345. The van der Waals surface area contributed by atoms with Crippen LogP contribution in [0.25, 0.3) is 0 Å². The second-order valence-corrected chi connectivity index (χ2v) is 5.74. The molecule has 0 radical (unpaired) electrons. The zero-order valence-electron chi connectivity index (χ0n) is 12.5. The molecule has 0 fully saturated rings. The first kappa shape index (κ1) is 14.2. The van der Waals surface area contributed by atoms with Crippen molar-refractivity contribution in [2.45, 2.75) is 25.4 Å². The van der Waals surface area contributed by atoms with Gasteiger partial charge in [0.25, 0.3) is 0 Å². The SMILES string of the molecule is CNC(C)(C)C(c1ccc2c(c1)OCCO2)N(C)C. The maximum absolute atomic E-state index is 5.68. The molecule has 0 bridgehead atoms. The Bertz CT molecular complexity index is 444. The van der Waals surface area contributed by atoms with Gasteiger partial charge in [-0.1, -0.05) is 6.07 Å². The number of ether oxygens (including phenoxy) is 2. The molecule has 1 atom stereocenters. The van der Waals surface area contributed by atoms with E-state index in [1.54, 1.807) is 0 Å². The minimum atomic E-state index is -0.0345. The van der Waals surface area contributed by atoms with Gasteiger partial charge in [0.05, 0.1) is 6.04 Å². The number of fused-ring (bicyclic) bond motifs is 1. The fraction of sp³-hybridized carbons (Fsp3) is 0.600. The standard InChI is InChI=1S/C15H24N2O2/c1-15(2,16-3)14(17(4)5)11-6-7-12-13(10-11)19-9-8-18-12/h6-7,10,14,16H,8-9H2,1-5H3. The van der Waals surface area contributed by atoms with Crippen LogP contribution < -0.4 is 14.8 Å². The molecule has 106 valence electrons. The Morgan fingerprint density at radius 2 is 1.79 bits per heavy atom. The highest BCUT2D eigenvalue weighted by atomic mass is 16.6. The molecule has 0 aliphatic carbocycles. The zero-order valence-corrected chi connectivity index (χ0v) is 12.5. The van der Waals surface area contributed by atoms with Crippen molar-refractivity contribution < 1.29 is 9.47 Å². The van der Waals surface area contributed by atoms with E-state index in [2.05, 4.69) is 50.3 Å². The highest BCUT2D eigenvalue weighted by Gasteiger charge is 2.31. The molecule has 1 unspecified atom stereocenters. The first-order chi connectivity index (χ1) is 8.95. The summed E-state index contributed by atoms with van der Waals surface area (Å²) in [5.41, 5.74) is 1.20. The number of benzene rings is 1. The van der Waals surface area contributed by atoms with Gasteiger partial charge in [0, 0.05) is 5.54 Å². The minimum Gasteiger partial charge on any atom is -0.486 e. The fourth-order valence-corrected chi connectivity index (χ4v) is 2.73. The summed E-state index contributed by atoms with van der Waals surface area (Å²) in [4.78, 5) is 2.22. The van der Waals surface area contributed by atoms with Gasteiger partial charge in [-0.25, -0.2) is 0 Å². The topological polar surface area (TPSA) is 33.7 Å². The Morgan fingerprint density at radius 3 is 2.37 bits per heavy atom. The molecule has 19 heavy (non-hydrogen) atoms. The summed E-state index contributed by atoms with van der Waals surface area (Å²) in [6, 6.07) is 6.48. The van der Waals surface area contributed by atoms with Crippen LogP contribution >= 0.6 is 0 Å². The summed E-state index contributed by atoms with van der Waals surface area (Å²) in [7, 11) is 6.19. The lowest BCUT2D eigenvalue weighted by molar-refractivity contribution is 0.165. The Labute approximate surface area is 115 Å². The van der Waals surface area contributed by atoms with E-state index in [1.807, 2.05) is 13.1 Å². The third-order valence-electron chi connectivity index (χ3n) is 3.73. The van der Waals surface area contributed by atoms with E-state index in [0.29, 0.717) is 13.2 Å². The van der Waals surface area contributed by atoms with Crippen molar-refractivity contribution in [2.24, 2.45) is 0 Å². The first-order valence-corrected chi connectivity index (χ1v) is 6.70. The molecule has 0 spiro atoms. The third-order valence-corrected chi connectivity index (χ3v) is 3.73. The molecule has 0 saturated carbocycles. The molecule has 4 nitrogen and oxygen atoms in total. The second kappa shape index (κ2) is 5.39. The van der Waals surface area contributed by atoms with Gasteiger partial charge in [0.1, 0.15) is 13.2 Å². The van der Waals surface area contributed by atoms with Crippen molar-refractivity contribution >= 4 is 0 Å². The Morgan fingerprint density at radius 1 is 1.16 bits per heavy atom. The molecule has 1 N–H and O–H groups in total. The lowest BCUT2D eigenvalue weighted by Gasteiger charge is -2.39. The van der Waals surface area contributed by atoms with Gasteiger partial charge in [-0.05, 0) is 52.7 Å². The summed E-state index contributed by atoms with van der Waals surface area (Å²) < 4.78 is 11.3. The lowest BCUT2D eigenvalue weighted by atomic mass is 9.87. The molecule has 0 saturated heterocycles. The van der Waals surface area contributed by atoms with E-state index in [1.165, 1.54) is 5.56 Å². The van der Waals surface area contributed by atoms with Crippen LogP contribution in [0.2, 0.25) is 0 Å². The van der Waals surface area contributed by atoms with E-state index in [4.69, 9.17) is 9.47 Å². The van der Waals surface area contributed by atoms with Gasteiger partial charge < -0.3 is 19.7 Å². The quantitative estimate of drug-likeness (QED) is 0.902. The van der Waals surface area contributed by atoms with Gasteiger partial charge in [-0.15, -0.1) is 0 Å². The summed E-state index contributed by atoms with van der Waals surface area (Å²) in [6.45, 7) is 5.66. The summed E-state index contributed by atoms with van der Waals surface area (Å²) in [6.07, 6.45) is 0. The van der Waals surface area contributed by atoms with Crippen molar-refractivity contribution in [3.8, 4) is 11.5 Å². The number of nitrogens with one attached hydrogen (secondary N) is 1. The third kappa shape index (κ3) is 2.85. The van der Waals surface area contributed by atoms with Crippen LogP contribution in [-0.4, -0.2) is 44.8 Å². The fourth-order valence-electron chi connectivity index (χ4n) is 2.73. The van der Waals surface area contributed by atoms with Crippen LogP contribution in [0.3, 0.4) is 0 Å². The number of hydrogen-bond acceptors (Lipinski definition) is 4. The number of likely N-dealkylation sites (N-methyl/N-ethyl adjacent to an activating group) is 2. The van der Waals surface area contributed by atoms with Gasteiger partial charge in [0.2, 0.25) is 0 Å². The molecular formula is C15H24N2O2. The van der Waals surface area contributed by atoms with Crippen LogP contribution in [0.5, 0.6) is 11.5 Å². The van der Waals surface area contributed by atoms with Crippen LogP contribution in [-0.2, 0) is 0 Å². The monoisotopic (exact) mass is 264 g/mol. The van der Waals surface area contributed by atoms with Crippen molar-refractivity contribution in [1.29, 1.82) is 0 Å². The Balaban J connectivity index is 2.37. The average molecular weight is 264 g/mol. The molecule has 2 rings (SSSR count). The smallest absolute Gasteiger partial charge is 0.161 e. The van der Waals surface area contributed by atoms with E-state index in [9.17, 15) is 0 Å². The molecule has 1 aliphatic heterocycles. The van der Waals surface area contributed by atoms with E-state index in [0.717, 1.165) is 11.5 Å². The van der Waals surface area contributed by atoms with Gasteiger partial charge in [-0.2, -0.15) is 0 Å². The normalized spacial score (nSPS) is 16.5. The van der Waals surface area contributed by atoms with Crippen molar-refractivity contribution in [2.75, 3.05) is 34.4 Å². The molecule has 1 aromatic carbocycles. The largest absolute Gasteiger partial charge is 0.486 e. The van der Waals surface area contributed by atoms with E-state index in [-0.39, 0.29) is 11.6 Å². The van der Waals surface area contributed by atoms with Crippen molar-refractivity contribution in [3.05, 3.63) is 23.8 Å². The van der Waals surface area contributed by atoms with E-state index >= 15 is 0 Å². The molecule has 1 aromatic rings. The highest BCUT2D eigenvalue weighted by Crippen LogP contribution is 2.37. The Hall–Kier alpha value is -1.26. The van der Waals surface area contributed by atoms with Crippen LogP contribution in [0, 0.1) is 0 Å². The second-order valence-electron chi connectivity index (χ2n) is 5.74. The predicted molar refractivity (Wildman–Crippen MR) is 77.0 cm³/mol. The van der Waals surface area contributed by atoms with Gasteiger partial charge >= 0.3 is 0 Å². The number of hydrogen-bond donors (Lipinski definition) is 1. The number of nitrogens with zero attached hydrogens (tertiary/aromatic N) is 1. The molecule has 0 aromatic heterocycles. The summed E-state index contributed by atoms with van der Waals surface area (Å²) in [5.74, 6) is 1.69. The van der Waals surface area contributed by atoms with Crippen LogP contribution in [0.4, 0.5) is 0 Å². The van der Waals surface area contributed by atoms with Crippen LogP contribution in [0.1, 0.15) is 25.5 Å². The number of rotatable bonds is 4. The van der Waals surface area contributed by atoms with Gasteiger partial charge in [-0.3, -0.25) is 0 Å². The maximum Gasteiger partial charge on any atom is 0.161 e. The predicted octanol–water partition coefficient (Wildman–Crippen LogP) is 2.06.